The van der Waals surface area contributed by atoms with E-state index >= 15 is 0 Å². The highest BCUT2D eigenvalue weighted by Crippen LogP contribution is 2.21. The number of aromatic nitrogens is 5. The molecular weight excluding hydrogens is 346 g/mol. The highest BCUT2D eigenvalue weighted by atomic mass is 16.2. The zero-order valence-corrected chi connectivity index (χ0v) is 15.1. The lowest BCUT2D eigenvalue weighted by molar-refractivity contribution is 0.0646. The smallest absolute Gasteiger partial charge is 0.276 e. The lowest BCUT2D eigenvalue weighted by Gasteiger charge is -2.30. The van der Waals surface area contributed by atoms with E-state index in [1.165, 1.54) is 9.36 Å². The highest BCUT2D eigenvalue weighted by molar-refractivity contribution is 6.07. The van der Waals surface area contributed by atoms with E-state index < -0.39 is 0 Å². The number of carbonyl (C=O) groups is 2. The average molecular weight is 365 g/mol. The van der Waals surface area contributed by atoms with Crippen LogP contribution in [0.5, 0.6) is 0 Å². The van der Waals surface area contributed by atoms with E-state index in [-0.39, 0.29) is 17.5 Å². The number of hydrogen-bond acceptors (Lipinski definition) is 5. The Hall–Kier alpha value is -3.49. The van der Waals surface area contributed by atoms with Gasteiger partial charge in [-0.3, -0.25) is 23.9 Å². The number of aryl methyl sites for hydroxylation is 2. The van der Waals surface area contributed by atoms with Crippen molar-refractivity contribution in [1.82, 2.24) is 29.4 Å². The van der Waals surface area contributed by atoms with Crippen molar-refractivity contribution in [2.45, 2.75) is 6.42 Å². The molecule has 0 unspecified atom stereocenters. The number of hydrogen-bond donors (Lipinski definition) is 1. The maximum Gasteiger partial charge on any atom is 0.276 e. The number of rotatable bonds is 4. The van der Waals surface area contributed by atoms with Crippen molar-refractivity contribution in [3.05, 3.63) is 48.2 Å². The first-order valence-corrected chi connectivity index (χ1v) is 8.61. The molecule has 1 N–H and O–H groups in total. The summed E-state index contributed by atoms with van der Waals surface area (Å²) in [6.07, 6.45) is 5.99. The maximum atomic E-state index is 12.8. The van der Waals surface area contributed by atoms with Gasteiger partial charge in [-0.2, -0.15) is 10.2 Å². The number of pyridine rings is 1. The molecule has 138 valence electrons. The van der Waals surface area contributed by atoms with Gasteiger partial charge in [-0.25, -0.2) is 0 Å². The maximum absolute atomic E-state index is 12.8. The van der Waals surface area contributed by atoms with Crippen LogP contribution in [0.3, 0.4) is 0 Å². The van der Waals surface area contributed by atoms with Gasteiger partial charge >= 0.3 is 0 Å². The lowest BCUT2D eigenvalue weighted by Crippen LogP contribution is -2.42. The van der Waals surface area contributed by atoms with E-state index in [1.807, 2.05) is 12.1 Å². The van der Waals surface area contributed by atoms with Gasteiger partial charge in [0.1, 0.15) is 5.69 Å². The third-order valence-corrected chi connectivity index (χ3v) is 4.49. The fraction of sp³-hybridized carbons (Fsp3) is 0.278. The molecule has 0 bridgehead atoms. The largest absolute Gasteiger partial charge is 0.337 e. The molecule has 0 spiro atoms. The van der Waals surface area contributed by atoms with Crippen molar-refractivity contribution >= 4 is 17.5 Å². The van der Waals surface area contributed by atoms with Crippen LogP contribution in [-0.4, -0.2) is 54.3 Å². The number of likely N-dealkylation sites (tertiary alicyclic amines) is 1. The third-order valence-electron chi connectivity index (χ3n) is 4.49. The van der Waals surface area contributed by atoms with Gasteiger partial charge in [-0.05, 0) is 24.6 Å². The molecule has 27 heavy (non-hydrogen) atoms. The molecule has 1 fully saturated rings. The molecule has 0 aliphatic carbocycles. The van der Waals surface area contributed by atoms with Gasteiger partial charge < -0.3 is 10.2 Å². The van der Waals surface area contributed by atoms with E-state index in [9.17, 15) is 9.59 Å². The van der Waals surface area contributed by atoms with Crippen LogP contribution in [0, 0.1) is 0 Å². The van der Waals surface area contributed by atoms with Crippen molar-refractivity contribution in [3.63, 3.8) is 0 Å². The standard InChI is InChI=1S/C18H19N7O2/c1-23-11-14(16(22-23)18(27)25-7-4-8-25)20-17(26)15-9-13(21-24(15)2)12-5-3-6-19-10-12/h3,5-6,9-11H,4,7-8H2,1-2H3,(H,20,26). The van der Waals surface area contributed by atoms with Crippen LogP contribution in [0.25, 0.3) is 11.3 Å². The van der Waals surface area contributed by atoms with Gasteiger partial charge in [0.05, 0.1) is 11.4 Å². The molecule has 1 aliphatic heterocycles. The molecule has 0 atom stereocenters. The SMILES string of the molecule is Cn1cc(NC(=O)c2cc(-c3cccnc3)nn2C)c(C(=O)N2CCC2)n1. The molecule has 1 saturated heterocycles. The molecule has 0 saturated carbocycles. The Morgan fingerprint density at radius 2 is 2.00 bits per heavy atom. The van der Waals surface area contributed by atoms with Crippen LogP contribution < -0.4 is 5.32 Å². The molecule has 0 radical (unpaired) electrons. The first-order chi connectivity index (χ1) is 13.0. The van der Waals surface area contributed by atoms with Crippen LogP contribution >= 0.6 is 0 Å². The summed E-state index contributed by atoms with van der Waals surface area (Å²) in [6, 6.07) is 5.38. The van der Waals surface area contributed by atoms with Gasteiger partial charge in [0.15, 0.2) is 5.69 Å². The zero-order valence-electron chi connectivity index (χ0n) is 15.1. The van der Waals surface area contributed by atoms with Gasteiger partial charge in [0.25, 0.3) is 11.8 Å². The zero-order chi connectivity index (χ0) is 19.0. The molecular formula is C18H19N7O2. The third kappa shape index (κ3) is 3.19. The lowest BCUT2D eigenvalue weighted by atomic mass is 10.2. The van der Waals surface area contributed by atoms with Crippen LogP contribution in [0.15, 0.2) is 36.8 Å². The summed E-state index contributed by atoms with van der Waals surface area (Å²) < 4.78 is 3.03. The van der Waals surface area contributed by atoms with Crippen LogP contribution in [0.2, 0.25) is 0 Å². The van der Waals surface area contributed by atoms with E-state index in [0.29, 0.717) is 17.1 Å². The Kier molecular flexibility index (Phi) is 4.19. The van der Waals surface area contributed by atoms with Crippen molar-refractivity contribution in [3.8, 4) is 11.3 Å². The summed E-state index contributed by atoms with van der Waals surface area (Å²) >= 11 is 0. The van der Waals surface area contributed by atoms with E-state index in [4.69, 9.17) is 0 Å². The molecule has 2 amide bonds. The minimum absolute atomic E-state index is 0.168. The van der Waals surface area contributed by atoms with Crippen molar-refractivity contribution in [2.75, 3.05) is 18.4 Å². The molecule has 9 nitrogen and oxygen atoms in total. The van der Waals surface area contributed by atoms with Crippen LogP contribution in [-0.2, 0) is 14.1 Å². The summed E-state index contributed by atoms with van der Waals surface area (Å²) in [5, 5.41) is 11.4. The van der Waals surface area contributed by atoms with E-state index in [2.05, 4.69) is 20.5 Å². The van der Waals surface area contributed by atoms with Crippen molar-refractivity contribution in [2.24, 2.45) is 14.1 Å². The van der Waals surface area contributed by atoms with Crippen molar-refractivity contribution in [1.29, 1.82) is 0 Å². The minimum atomic E-state index is -0.356. The molecule has 4 rings (SSSR count). The number of nitrogens with zero attached hydrogens (tertiary/aromatic N) is 6. The predicted octanol–water partition coefficient (Wildman–Crippen LogP) is 1.31. The van der Waals surface area contributed by atoms with Gasteiger partial charge in [0, 0.05) is 51.3 Å². The average Bonchev–Trinajstić information content (AvgIpc) is 3.17. The van der Waals surface area contributed by atoms with Crippen LogP contribution in [0.4, 0.5) is 5.69 Å². The second-order valence-corrected chi connectivity index (χ2v) is 6.45. The second-order valence-electron chi connectivity index (χ2n) is 6.45. The summed E-state index contributed by atoms with van der Waals surface area (Å²) in [6.45, 7) is 1.44. The topological polar surface area (TPSA) is 97.9 Å². The Balaban J connectivity index is 1.58. The van der Waals surface area contributed by atoms with Gasteiger partial charge in [0.2, 0.25) is 0 Å². The van der Waals surface area contributed by atoms with Crippen LogP contribution in [0.1, 0.15) is 27.4 Å². The summed E-state index contributed by atoms with van der Waals surface area (Å²) in [5.41, 5.74) is 2.49. The summed E-state index contributed by atoms with van der Waals surface area (Å²) in [4.78, 5) is 31.1. The van der Waals surface area contributed by atoms with Gasteiger partial charge in [-0.15, -0.1) is 0 Å². The van der Waals surface area contributed by atoms with Gasteiger partial charge in [-0.1, -0.05) is 0 Å². The Morgan fingerprint density at radius 1 is 1.19 bits per heavy atom. The molecule has 4 heterocycles. The number of anilines is 1. The molecule has 3 aromatic rings. The number of amides is 2. The predicted molar refractivity (Wildman–Crippen MR) is 98.1 cm³/mol. The Morgan fingerprint density at radius 3 is 2.67 bits per heavy atom. The Labute approximate surface area is 155 Å². The first kappa shape index (κ1) is 17.0. The molecule has 1 aliphatic rings. The number of carbonyl (C=O) groups excluding carboxylic acids is 2. The van der Waals surface area contributed by atoms with E-state index in [0.717, 1.165) is 25.1 Å². The molecule has 0 aromatic carbocycles. The van der Waals surface area contributed by atoms with Crippen molar-refractivity contribution < 1.29 is 9.59 Å². The quantitative estimate of drug-likeness (QED) is 0.752. The highest BCUT2D eigenvalue weighted by Gasteiger charge is 2.27. The number of nitrogens with one attached hydrogen (secondary N) is 1. The molecule has 9 heteroatoms. The minimum Gasteiger partial charge on any atom is -0.337 e. The monoisotopic (exact) mass is 365 g/mol. The Bertz CT molecular complexity index is 1000. The fourth-order valence-corrected chi connectivity index (χ4v) is 2.93. The second kappa shape index (κ2) is 6.67. The fourth-order valence-electron chi connectivity index (χ4n) is 2.93. The summed E-state index contributed by atoms with van der Waals surface area (Å²) in [5.74, 6) is -0.524. The molecule has 3 aromatic heterocycles. The normalized spacial score (nSPS) is 13.3. The first-order valence-electron chi connectivity index (χ1n) is 8.61. The summed E-state index contributed by atoms with van der Waals surface area (Å²) in [7, 11) is 3.41. The van der Waals surface area contributed by atoms with E-state index in [1.54, 1.807) is 43.7 Å².